The van der Waals surface area contributed by atoms with Crippen molar-refractivity contribution < 1.29 is 19.1 Å². The molecule has 17 heavy (non-hydrogen) atoms. The molecule has 0 aromatic rings. The fourth-order valence-electron chi connectivity index (χ4n) is 2.92. The summed E-state index contributed by atoms with van der Waals surface area (Å²) < 4.78 is 10.3. The molecule has 0 aliphatic heterocycles. The minimum atomic E-state index is -0.279. The van der Waals surface area contributed by atoms with Gasteiger partial charge in [-0.1, -0.05) is 12.2 Å². The van der Waals surface area contributed by atoms with Crippen molar-refractivity contribution in [1.82, 2.24) is 0 Å². The van der Waals surface area contributed by atoms with E-state index in [0.29, 0.717) is 25.0 Å². The number of rotatable bonds is 4. The Hall–Kier alpha value is -1.32. The molecule has 1 fully saturated rings. The first-order valence-electron chi connectivity index (χ1n) is 5.97. The smallest absolute Gasteiger partial charge is 0.302 e. The van der Waals surface area contributed by atoms with E-state index in [4.69, 9.17) is 9.47 Å². The van der Waals surface area contributed by atoms with Gasteiger partial charge in [0, 0.05) is 19.3 Å². The van der Waals surface area contributed by atoms with Crippen molar-refractivity contribution in [2.24, 2.45) is 17.3 Å². The van der Waals surface area contributed by atoms with Gasteiger partial charge in [-0.3, -0.25) is 9.59 Å². The van der Waals surface area contributed by atoms with E-state index in [-0.39, 0.29) is 17.4 Å². The lowest BCUT2D eigenvalue weighted by molar-refractivity contribution is -0.152. The van der Waals surface area contributed by atoms with E-state index >= 15 is 0 Å². The number of hydrogen-bond donors (Lipinski definition) is 0. The van der Waals surface area contributed by atoms with E-state index in [1.165, 1.54) is 13.8 Å². The molecule has 2 unspecified atom stereocenters. The number of ether oxygens (including phenoxy) is 2. The zero-order valence-electron chi connectivity index (χ0n) is 10.3. The average molecular weight is 238 g/mol. The van der Waals surface area contributed by atoms with Gasteiger partial charge in [0.15, 0.2) is 0 Å². The molecule has 2 aliphatic rings. The molecule has 1 saturated carbocycles. The van der Waals surface area contributed by atoms with Crippen LogP contribution in [0.5, 0.6) is 0 Å². The van der Waals surface area contributed by atoms with Crippen molar-refractivity contribution in [1.29, 1.82) is 0 Å². The Morgan fingerprint density at radius 3 is 2.12 bits per heavy atom. The van der Waals surface area contributed by atoms with Gasteiger partial charge < -0.3 is 9.47 Å². The lowest BCUT2D eigenvalue weighted by atomic mass is 9.77. The number of carbonyl (C=O) groups excluding carboxylic acids is 2. The van der Waals surface area contributed by atoms with Gasteiger partial charge >= 0.3 is 11.9 Å². The SMILES string of the molecule is CC(=O)OCC1(COC(C)=O)CC2C=CC1C2. The molecule has 0 aromatic carbocycles. The van der Waals surface area contributed by atoms with Gasteiger partial charge in [0.25, 0.3) is 0 Å². The van der Waals surface area contributed by atoms with E-state index in [0.717, 1.165) is 12.8 Å². The van der Waals surface area contributed by atoms with Crippen LogP contribution in [0, 0.1) is 17.3 Å². The fraction of sp³-hybridized carbons (Fsp3) is 0.692. The van der Waals surface area contributed by atoms with Crippen molar-refractivity contribution in [3.63, 3.8) is 0 Å². The lowest BCUT2D eigenvalue weighted by Crippen LogP contribution is -2.37. The highest BCUT2D eigenvalue weighted by atomic mass is 16.5. The number of hydrogen-bond acceptors (Lipinski definition) is 4. The molecular weight excluding hydrogens is 220 g/mol. The monoisotopic (exact) mass is 238 g/mol. The van der Waals surface area contributed by atoms with Crippen LogP contribution in [-0.2, 0) is 19.1 Å². The highest BCUT2D eigenvalue weighted by Gasteiger charge is 2.50. The molecule has 2 bridgehead atoms. The van der Waals surface area contributed by atoms with Gasteiger partial charge in [0.05, 0.1) is 0 Å². The van der Waals surface area contributed by atoms with Gasteiger partial charge in [0.2, 0.25) is 0 Å². The summed E-state index contributed by atoms with van der Waals surface area (Å²) in [5.74, 6) is 0.357. The Morgan fingerprint density at radius 2 is 1.76 bits per heavy atom. The van der Waals surface area contributed by atoms with E-state index in [1.807, 2.05) is 0 Å². The van der Waals surface area contributed by atoms with Crippen LogP contribution >= 0.6 is 0 Å². The summed E-state index contributed by atoms with van der Waals surface area (Å²) in [5.41, 5.74) is -0.198. The summed E-state index contributed by atoms with van der Waals surface area (Å²) in [6.07, 6.45) is 6.41. The number of fused-ring (bicyclic) bond motifs is 2. The highest BCUT2D eigenvalue weighted by molar-refractivity contribution is 5.66. The van der Waals surface area contributed by atoms with Crippen molar-refractivity contribution in [2.75, 3.05) is 13.2 Å². The largest absolute Gasteiger partial charge is 0.465 e. The Morgan fingerprint density at radius 1 is 1.18 bits per heavy atom. The minimum Gasteiger partial charge on any atom is -0.465 e. The Bertz CT molecular complexity index is 340. The second-order valence-electron chi connectivity index (χ2n) is 5.11. The first kappa shape index (κ1) is 12.1. The second kappa shape index (κ2) is 4.51. The molecule has 0 aromatic heterocycles. The molecule has 0 N–H and O–H groups in total. The maximum Gasteiger partial charge on any atom is 0.302 e. The van der Waals surface area contributed by atoms with E-state index in [2.05, 4.69) is 12.2 Å². The van der Waals surface area contributed by atoms with Crippen molar-refractivity contribution in [2.45, 2.75) is 26.7 Å². The van der Waals surface area contributed by atoms with Crippen molar-refractivity contribution in [3.8, 4) is 0 Å². The van der Waals surface area contributed by atoms with Crippen LogP contribution in [0.25, 0.3) is 0 Å². The van der Waals surface area contributed by atoms with Crippen molar-refractivity contribution in [3.05, 3.63) is 12.2 Å². The predicted molar refractivity (Wildman–Crippen MR) is 61.1 cm³/mol. The Kier molecular flexibility index (Phi) is 3.22. The third-order valence-electron chi connectivity index (χ3n) is 3.75. The van der Waals surface area contributed by atoms with Crippen molar-refractivity contribution >= 4 is 11.9 Å². The molecule has 4 heteroatoms. The van der Waals surface area contributed by atoms with Gasteiger partial charge in [-0.15, -0.1) is 0 Å². The normalized spacial score (nSPS) is 28.1. The fourth-order valence-corrected chi connectivity index (χ4v) is 2.92. The molecule has 0 saturated heterocycles. The van der Waals surface area contributed by atoms with Crippen LogP contribution in [0.15, 0.2) is 12.2 Å². The summed E-state index contributed by atoms with van der Waals surface area (Å²) in [4.78, 5) is 21.9. The maximum absolute atomic E-state index is 10.9. The highest BCUT2D eigenvalue weighted by Crippen LogP contribution is 2.52. The molecule has 94 valence electrons. The number of allylic oxidation sites excluding steroid dienone is 2. The van der Waals surface area contributed by atoms with Gasteiger partial charge in [-0.2, -0.15) is 0 Å². The second-order valence-corrected chi connectivity index (χ2v) is 5.11. The average Bonchev–Trinajstić information content (AvgIpc) is 2.84. The third kappa shape index (κ3) is 2.51. The van der Waals surface area contributed by atoms with Crippen LogP contribution in [0.4, 0.5) is 0 Å². The van der Waals surface area contributed by atoms with E-state index in [9.17, 15) is 9.59 Å². The van der Waals surface area contributed by atoms with Crippen LogP contribution in [0.2, 0.25) is 0 Å². The summed E-state index contributed by atoms with van der Waals surface area (Å²) in [5, 5.41) is 0. The molecule has 0 spiro atoms. The molecule has 2 atom stereocenters. The molecule has 4 nitrogen and oxygen atoms in total. The summed E-state index contributed by atoms with van der Waals surface area (Å²) >= 11 is 0. The van der Waals surface area contributed by atoms with Crippen LogP contribution in [0.1, 0.15) is 26.7 Å². The zero-order valence-corrected chi connectivity index (χ0v) is 10.3. The topological polar surface area (TPSA) is 52.6 Å². The predicted octanol–water partition coefficient (Wildman–Crippen LogP) is 1.70. The van der Waals surface area contributed by atoms with E-state index < -0.39 is 0 Å². The summed E-state index contributed by atoms with van der Waals surface area (Å²) in [6, 6.07) is 0. The first-order chi connectivity index (χ1) is 8.02. The van der Waals surface area contributed by atoms with Crippen LogP contribution < -0.4 is 0 Å². The Balaban J connectivity index is 2.04. The van der Waals surface area contributed by atoms with E-state index in [1.54, 1.807) is 0 Å². The quantitative estimate of drug-likeness (QED) is 0.552. The molecule has 0 amide bonds. The maximum atomic E-state index is 10.9. The van der Waals surface area contributed by atoms with Crippen LogP contribution in [0.3, 0.4) is 0 Å². The van der Waals surface area contributed by atoms with Gasteiger partial charge in [-0.25, -0.2) is 0 Å². The standard InChI is InChI=1S/C13H18O4/c1-9(14)16-7-13(8-17-10(2)15)6-11-3-4-12(13)5-11/h3-4,11-12H,5-8H2,1-2H3. The minimum absolute atomic E-state index is 0.198. The third-order valence-corrected chi connectivity index (χ3v) is 3.75. The molecule has 0 radical (unpaired) electrons. The van der Waals surface area contributed by atoms with Crippen LogP contribution in [-0.4, -0.2) is 25.2 Å². The number of esters is 2. The first-order valence-corrected chi connectivity index (χ1v) is 5.97. The molecule has 0 heterocycles. The lowest BCUT2D eigenvalue weighted by Gasteiger charge is -2.34. The molecular formula is C13H18O4. The van der Waals surface area contributed by atoms with Gasteiger partial charge in [0.1, 0.15) is 13.2 Å². The molecule has 2 aliphatic carbocycles. The summed E-state index contributed by atoms with van der Waals surface area (Å²) in [7, 11) is 0. The number of carbonyl (C=O) groups is 2. The zero-order chi connectivity index (χ0) is 12.5. The Labute approximate surface area is 101 Å². The summed E-state index contributed by atoms with van der Waals surface area (Å²) in [6.45, 7) is 3.51. The molecule has 2 rings (SSSR count). The van der Waals surface area contributed by atoms with Gasteiger partial charge in [-0.05, 0) is 24.7 Å².